The van der Waals surface area contributed by atoms with Gasteiger partial charge in [0.15, 0.2) is 0 Å². The van der Waals surface area contributed by atoms with Gasteiger partial charge in [0.2, 0.25) is 0 Å². The fourth-order valence-electron chi connectivity index (χ4n) is 3.01. The minimum atomic E-state index is -0.543. The maximum atomic E-state index is 13.3. The van der Waals surface area contributed by atoms with Crippen LogP contribution in [0.2, 0.25) is 0 Å². The number of nitrogen functional groups attached to an aromatic ring is 1. The predicted octanol–water partition coefficient (Wildman–Crippen LogP) is 2.96. The van der Waals surface area contributed by atoms with Crippen molar-refractivity contribution >= 4 is 11.6 Å². The number of halogens is 1. The highest BCUT2D eigenvalue weighted by molar-refractivity contribution is 5.99. The lowest BCUT2D eigenvalue weighted by Crippen LogP contribution is -2.37. The number of para-hydroxylation sites is 1. The standard InChI is InChI=1S/C15H21FN2O/c1-3-10-7-8-13(9(10)2)18-15(19)11-5-4-6-12(16)14(11)17/h4-6,9-10,13H,3,7-8,17H2,1-2H3,(H,18,19). The smallest absolute Gasteiger partial charge is 0.253 e. The van der Waals surface area contributed by atoms with Crippen LogP contribution in [0.25, 0.3) is 0 Å². The molecule has 1 aliphatic rings. The number of nitrogens with two attached hydrogens (primary N) is 1. The predicted molar refractivity (Wildman–Crippen MR) is 74.2 cm³/mol. The van der Waals surface area contributed by atoms with E-state index in [-0.39, 0.29) is 23.2 Å². The van der Waals surface area contributed by atoms with Gasteiger partial charge in [-0.3, -0.25) is 4.79 Å². The Morgan fingerprint density at radius 3 is 2.84 bits per heavy atom. The van der Waals surface area contributed by atoms with E-state index in [1.54, 1.807) is 6.07 Å². The van der Waals surface area contributed by atoms with Gasteiger partial charge >= 0.3 is 0 Å². The van der Waals surface area contributed by atoms with E-state index in [0.29, 0.717) is 11.8 Å². The van der Waals surface area contributed by atoms with E-state index in [2.05, 4.69) is 19.2 Å². The lowest BCUT2D eigenvalue weighted by Gasteiger charge is -2.21. The fourth-order valence-corrected chi connectivity index (χ4v) is 3.01. The molecule has 0 heterocycles. The van der Waals surface area contributed by atoms with Crippen LogP contribution in [0, 0.1) is 17.7 Å². The molecular formula is C15H21FN2O. The van der Waals surface area contributed by atoms with Gasteiger partial charge in [-0.15, -0.1) is 0 Å². The van der Waals surface area contributed by atoms with Crippen LogP contribution >= 0.6 is 0 Å². The number of benzene rings is 1. The summed E-state index contributed by atoms with van der Waals surface area (Å²) in [4.78, 5) is 12.2. The maximum Gasteiger partial charge on any atom is 0.253 e. The summed E-state index contributed by atoms with van der Waals surface area (Å²) in [5, 5.41) is 2.99. The Hall–Kier alpha value is -1.58. The molecule has 1 aliphatic carbocycles. The SMILES string of the molecule is CCC1CCC(NC(=O)c2cccc(F)c2N)C1C. The van der Waals surface area contributed by atoms with Crippen molar-refractivity contribution < 1.29 is 9.18 Å². The van der Waals surface area contributed by atoms with Gasteiger partial charge in [0.05, 0.1) is 11.3 Å². The molecule has 0 aliphatic heterocycles. The highest BCUT2D eigenvalue weighted by atomic mass is 19.1. The Balaban J connectivity index is 2.08. The van der Waals surface area contributed by atoms with Crippen LogP contribution in [0.5, 0.6) is 0 Å². The third-order valence-corrected chi connectivity index (χ3v) is 4.37. The topological polar surface area (TPSA) is 55.1 Å². The van der Waals surface area contributed by atoms with Crippen LogP contribution in [0.4, 0.5) is 10.1 Å². The summed E-state index contributed by atoms with van der Waals surface area (Å²) in [6, 6.07) is 4.50. The monoisotopic (exact) mass is 264 g/mol. The largest absolute Gasteiger partial charge is 0.396 e. The first-order valence-corrected chi connectivity index (χ1v) is 6.89. The number of rotatable bonds is 3. The van der Waals surface area contributed by atoms with Crippen LogP contribution in [0.15, 0.2) is 18.2 Å². The van der Waals surface area contributed by atoms with Gasteiger partial charge < -0.3 is 11.1 Å². The van der Waals surface area contributed by atoms with E-state index >= 15 is 0 Å². The van der Waals surface area contributed by atoms with Crippen LogP contribution in [0.3, 0.4) is 0 Å². The molecule has 3 N–H and O–H groups in total. The molecule has 3 atom stereocenters. The second kappa shape index (κ2) is 5.59. The third kappa shape index (κ3) is 2.72. The summed E-state index contributed by atoms with van der Waals surface area (Å²) < 4.78 is 13.3. The number of carbonyl (C=O) groups is 1. The molecule has 1 aromatic carbocycles. The Kier molecular flexibility index (Phi) is 4.08. The second-order valence-electron chi connectivity index (χ2n) is 5.39. The molecular weight excluding hydrogens is 243 g/mol. The summed E-state index contributed by atoms with van der Waals surface area (Å²) >= 11 is 0. The summed E-state index contributed by atoms with van der Waals surface area (Å²) in [7, 11) is 0. The summed E-state index contributed by atoms with van der Waals surface area (Å²) in [5.74, 6) is 0.308. The molecule has 3 nitrogen and oxygen atoms in total. The number of hydrogen-bond acceptors (Lipinski definition) is 2. The Morgan fingerprint density at radius 2 is 2.21 bits per heavy atom. The van der Waals surface area contributed by atoms with E-state index in [1.807, 2.05) is 0 Å². The average Bonchev–Trinajstić information content (AvgIpc) is 2.73. The summed E-state index contributed by atoms with van der Waals surface area (Å²) in [6.45, 7) is 4.34. The number of nitrogens with one attached hydrogen (secondary N) is 1. The first kappa shape index (κ1) is 13.8. The molecule has 104 valence electrons. The van der Waals surface area contributed by atoms with Crippen molar-refractivity contribution in [2.75, 3.05) is 5.73 Å². The zero-order chi connectivity index (χ0) is 14.0. The Morgan fingerprint density at radius 1 is 1.47 bits per heavy atom. The van der Waals surface area contributed by atoms with Gasteiger partial charge in [-0.1, -0.05) is 26.3 Å². The fraction of sp³-hybridized carbons (Fsp3) is 0.533. The lowest BCUT2D eigenvalue weighted by molar-refractivity contribution is 0.0927. The zero-order valence-corrected chi connectivity index (χ0v) is 11.4. The maximum absolute atomic E-state index is 13.3. The van der Waals surface area contributed by atoms with Gasteiger partial charge in [0.1, 0.15) is 5.82 Å². The van der Waals surface area contributed by atoms with E-state index < -0.39 is 5.82 Å². The van der Waals surface area contributed by atoms with E-state index in [9.17, 15) is 9.18 Å². The number of amides is 1. The first-order chi connectivity index (χ1) is 9.04. The molecule has 19 heavy (non-hydrogen) atoms. The minimum absolute atomic E-state index is 0.0716. The van der Waals surface area contributed by atoms with Gasteiger partial charge in [-0.25, -0.2) is 4.39 Å². The molecule has 1 aromatic rings. The molecule has 3 unspecified atom stereocenters. The van der Waals surface area contributed by atoms with E-state index in [0.717, 1.165) is 19.3 Å². The normalized spacial score (nSPS) is 26.4. The molecule has 0 aromatic heterocycles. The van der Waals surface area contributed by atoms with Crippen LogP contribution in [-0.4, -0.2) is 11.9 Å². The highest BCUT2D eigenvalue weighted by Gasteiger charge is 2.32. The van der Waals surface area contributed by atoms with Crippen molar-refractivity contribution in [1.29, 1.82) is 0 Å². The highest BCUT2D eigenvalue weighted by Crippen LogP contribution is 2.34. The molecule has 1 saturated carbocycles. The Bertz CT molecular complexity index is 475. The van der Waals surface area contributed by atoms with Gasteiger partial charge in [0.25, 0.3) is 5.91 Å². The molecule has 2 rings (SSSR count). The third-order valence-electron chi connectivity index (χ3n) is 4.37. The zero-order valence-electron chi connectivity index (χ0n) is 11.4. The molecule has 1 fully saturated rings. The number of anilines is 1. The minimum Gasteiger partial charge on any atom is -0.396 e. The molecule has 0 radical (unpaired) electrons. The molecule has 4 heteroatoms. The van der Waals surface area contributed by atoms with Gasteiger partial charge in [-0.05, 0) is 36.8 Å². The average molecular weight is 264 g/mol. The molecule has 0 bridgehead atoms. The van der Waals surface area contributed by atoms with Crippen molar-refractivity contribution in [1.82, 2.24) is 5.32 Å². The summed E-state index contributed by atoms with van der Waals surface area (Å²) in [5.41, 5.74) is 5.77. The quantitative estimate of drug-likeness (QED) is 0.825. The van der Waals surface area contributed by atoms with Crippen molar-refractivity contribution in [3.8, 4) is 0 Å². The first-order valence-electron chi connectivity index (χ1n) is 6.89. The van der Waals surface area contributed by atoms with Crippen molar-refractivity contribution in [2.45, 2.75) is 39.2 Å². The molecule has 0 saturated heterocycles. The van der Waals surface area contributed by atoms with Crippen LogP contribution in [-0.2, 0) is 0 Å². The van der Waals surface area contributed by atoms with Gasteiger partial charge in [0, 0.05) is 6.04 Å². The van der Waals surface area contributed by atoms with Crippen molar-refractivity contribution in [3.63, 3.8) is 0 Å². The van der Waals surface area contributed by atoms with Crippen LogP contribution in [0.1, 0.15) is 43.5 Å². The summed E-state index contributed by atoms with van der Waals surface area (Å²) in [6.07, 6.45) is 3.26. The number of hydrogen-bond donors (Lipinski definition) is 2. The number of carbonyl (C=O) groups excluding carboxylic acids is 1. The Labute approximate surface area is 113 Å². The van der Waals surface area contributed by atoms with E-state index in [4.69, 9.17) is 5.73 Å². The molecule has 0 spiro atoms. The lowest BCUT2D eigenvalue weighted by atomic mass is 9.93. The second-order valence-corrected chi connectivity index (χ2v) is 5.39. The van der Waals surface area contributed by atoms with Gasteiger partial charge in [-0.2, -0.15) is 0 Å². The molecule has 1 amide bonds. The van der Waals surface area contributed by atoms with Crippen molar-refractivity contribution in [3.05, 3.63) is 29.6 Å². The van der Waals surface area contributed by atoms with E-state index in [1.165, 1.54) is 12.1 Å². The van der Waals surface area contributed by atoms with Crippen LogP contribution < -0.4 is 11.1 Å². The van der Waals surface area contributed by atoms with Crippen molar-refractivity contribution in [2.24, 2.45) is 11.8 Å².